The summed E-state index contributed by atoms with van der Waals surface area (Å²) in [7, 11) is 0. The zero-order valence-electron chi connectivity index (χ0n) is 18.8. The second-order valence-electron chi connectivity index (χ2n) is 8.46. The summed E-state index contributed by atoms with van der Waals surface area (Å²) < 4.78 is 4.58. The molecule has 0 amide bonds. The first-order chi connectivity index (χ1) is 14.9. The molecule has 0 atom stereocenters. The van der Waals surface area contributed by atoms with Gasteiger partial charge in [-0.05, 0) is 61.0 Å². The van der Waals surface area contributed by atoms with Crippen molar-refractivity contribution in [3.8, 4) is 11.4 Å². The Morgan fingerprint density at radius 1 is 0.613 bits per heavy atom. The van der Waals surface area contributed by atoms with E-state index in [1.807, 2.05) is 6.07 Å². The Morgan fingerprint density at radius 2 is 1.19 bits per heavy atom. The molecule has 2 aromatic heterocycles. The van der Waals surface area contributed by atoms with Gasteiger partial charge in [0.1, 0.15) is 11.9 Å². The van der Waals surface area contributed by atoms with Gasteiger partial charge in [0.15, 0.2) is 17.4 Å². The van der Waals surface area contributed by atoms with Gasteiger partial charge in [0.2, 0.25) is 5.69 Å². The summed E-state index contributed by atoms with van der Waals surface area (Å²) in [5.74, 6) is 0.986. The van der Waals surface area contributed by atoms with E-state index in [1.165, 1.54) is 44.5 Å². The fourth-order valence-electron chi connectivity index (χ4n) is 4.83. The van der Waals surface area contributed by atoms with E-state index >= 15 is 0 Å². The van der Waals surface area contributed by atoms with Crippen LogP contribution in [0.2, 0.25) is 0 Å². The molecular formula is C28H27N3+2. The molecule has 0 radical (unpaired) electrons. The van der Waals surface area contributed by atoms with Crippen LogP contribution in [0.1, 0.15) is 28.2 Å². The molecule has 5 aromatic rings. The predicted octanol–water partition coefficient (Wildman–Crippen LogP) is 5.48. The molecule has 152 valence electrons. The number of hydrogen-bond acceptors (Lipinski definition) is 1. The Morgan fingerprint density at radius 3 is 1.94 bits per heavy atom. The summed E-state index contributed by atoms with van der Waals surface area (Å²) >= 11 is 0. The minimum absolute atomic E-state index is 0.986. The minimum Gasteiger partial charge on any atom is -0.199 e. The molecule has 0 aliphatic heterocycles. The molecule has 0 saturated carbocycles. The fourth-order valence-corrected chi connectivity index (χ4v) is 4.83. The van der Waals surface area contributed by atoms with Crippen molar-refractivity contribution in [2.24, 2.45) is 0 Å². The van der Waals surface area contributed by atoms with Crippen molar-refractivity contribution >= 4 is 21.7 Å². The van der Waals surface area contributed by atoms with Crippen LogP contribution in [0.25, 0.3) is 33.1 Å². The third kappa shape index (κ3) is 3.17. The van der Waals surface area contributed by atoms with Gasteiger partial charge in [-0.1, -0.05) is 30.3 Å². The topological polar surface area (TPSA) is 20.6 Å². The number of aryl methyl sites for hydroxylation is 4. The summed E-state index contributed by atoms with van der Waals surface area (Å²) in [5, 5.41) is 3.65. The van der Waals surface area contributed by atoms with Gasteiger partial charge in [-0.2, -0.15) is 9.13 Å². The average molecular weight is 406 g/mol. The van der Waals surface area contributed by atoms with E-state index in [-0.39, 0.29) is 0 Å². The molecule has 3 aromatic carbocycles. The summed E-state index contributed by atoms with van der Waals surface area (Å²) in [6.07, 6.45) is 4.47. The molecule has 0 aliphatic rings. The number of rotatable bonds is 2. The van der Waals surface area contributed by atoms with Gasteiger partial charge in [0.05, 0.1) is 10.9 Å². The third-order valence-electron chi connectivity index (χ3n) is 6.22. The van der Waals surface area contributed by atoms with Crippen LogP contribution in [-0.4, -0.2) is 4.98 Å². The highest BCUT2D eigenvalue weighted by atomic mass is 15.1. The predicted molar refractivity (Wildman–Crippen MR) is 126 cm³/mol. The van der Waals surface area contributed by atoms with E-state index < -0.39 is 0 Å². The van der Waals surface area contributed by atoms with Crippen LogP contribution in [0.5, 0.6) is 0 Å². The molecule has 2 heterocycles. The van der Waals surface area contributed by atoms with Crippen molar-refractivity contribution in [1.82, 2.24) is 4.98 Å². The van der Waals surface area contributed by atoms with E-state index in [9.17, 15) is 0 Å². The summed E-state index contributed by atoms with van der Waals surface area (Å²) in [5.41, 5.74) is 8.47. The number of fused-ring (bicyclic) bond motifs is 2. The first-order valence-electron chi connectivity index (χ1n) is 10.7. The van der Waals surface area contributed by atoms with Gasteiger partial charge >= 0.3 is 5.82 Å². The third-order valence-corrected chi connectivity index (χ3v) is 6.22. The van der Waals surface area contributed by atoms with Crippen LogP contribution in [-0.2, 0) is 0 Å². The first kappa shape index (κ1) is 19.4. The number of nitrogens with zero attached hydrogens (tertiary/aromatic N) is 3. The molecule has 5 rings (SSSR count). The number of benzene rings is 3. The van der Waals surface area contributed by atoms with Crippen molar-refractivity contribution in [1.29, 1.82) is 0 Å². The highest BCUT2D eigenvalue weighted by Crippen LogP contribution is 2.25. The molecule has 0 aliphatic carbocycles. The number of pyridine rings is 1. The van der Waals surface area contributed by atoms with Crippen molar-refractivity contribution in [3.63, 3.8) is 0 Å². The maximum Gasteiger partial charge on any atom is 0.301 e. The van der Waals surface area contributed by atoms with Crippen LogP contribution in [0.4, 0.5) is 0 Å². The molecule has 0 bridgehead atoms. The zero-order valence-corrected chi connectivity index (χ0v) is 18.8. The molecule has 0 fully saturated rings. The number of aromatic nitrogens is 3. The summed E-state index contributed by atoms with van der Waals surface area (Å²) in [4.78, 5) is 4.87. The normalized spacial score (nSPS) is 11.4. The first-order valence-corrected chi connectivity index (χ1v) is 10.7. The fraction of sp³-hybridized carbons (Fsp3) is 0.179. The van der Waals surface area contributed by atoms with Gasteiger partial charge in [-0.15, -0.1) is 0 Å². The van der Waals surface area contributed by atoms with Gasteiger partial charge in [-0.3, -0.25) is 0 Å². The Bertz CT molecular complexity index is 1370. The van der Waals surface area contributed by atoms with Crippen molar-refractivity contribution in [2.75, 3.05) is 0 Å². The number of hydrogen-bond donors (Lipinski definition) is 0. The standard InChI is InChI=1S/C28H27N3/c1-18-14-19(2)28(31-17-25-12-8-9-13-26(25)29-22(31)5)21(4)27(18)30-16-24-11-7-6-10-23(24)15-20(30)3/h6-17H,1-5H3/q+2. The summed E-state index contributed by atoms with van der Waals surface area (Å²) in [6.45, 7) is 10.9. The molecule has 31 heavy (non-hydrogen) atoms. The van der Waals surface area contributed by atoms with Crippen LogP contribution in [0, 0.1) is 34.6 Å². The van der Waals surface area contributed by atoms with E-state index in [4.69, 9.17) is 4.98 Å². The minimum atomic E-state index is 0.986. The van der Waals surface area contributed by atoms with Crippen molar-refractivity contribution in [3.05, 3.63) is 101 Å². The van der Waals surface area contributed by atoms with E-state index in [0.29, 0.717) is 0 Å². The molecule has 3 heteroatoms. The average Bonchev–Trinajstić information content (AvgIpc) is 2.74. The highest BCUT2D eigenvalue weighted by molar-refractivity contribution is 5.81. The lowest BCUT2D eigenvalue weighted by Crippen LogP contribution is -2.41. The molecular weight excluding hydrogens is 378 g/mol. The summed E-state index contributed by atoms with van der Waals surface area (Å²) in [6, 6.07) is 21.4. The van der Waals surface area contributed by atoms with Crippen LogP contribution < -0.4 is 9.13 Å². The van der Waals surface area contributed by atoms with Crippen LogP contribution in [0.15, 0.2) is 73.1 Å². The molecule has 3 nitrogen and oxygen atoms in total. The maximum atomic E-state index is 4.87. The molecule has 0 saturated heterocycles. The van der Waals surface area contributed by atoms with Gasteiger partial charge in [0, 0.05) is 30.9 Å². The van der Waals surface area contributed by atoms with Gasteiger partial charge in [0.25, 0.3) is 0 Å². The van der Waals surface area contributed by atoms with E-state index in [2.05, 4.69) is 111 Å². The molecule has 0 N–H and O–H groups in total. The smallest absolute Gasteiger partial charge is 0.199 e. The Balaban J connectivity index is 1.81. The Hall–Kier alpha value is -3.59. The quantitative estimate of drug-likeness (QED) is 0.356. The van der Waals surface area contributed by atoms with Gasteiger partial charge < -0.3 is 0 Å². The second kappa shape index (κ2) is 7.28. The monoisotopic (exact) mass is 405 g/mol. The number of para-hydroxylation sites is 1. The lowest BCUT2D eigenvalue weighted by atomic mass is 10.00. The SMILES string of the molecule is Cc1cc(C)c(-[n+]2cc3ccccc3nc2C)c(C)c1-[n+]1cc2ccccc2cc1C. The largest absolute Gasteiger partial charge is 0.301 e. The van der Waals surface area contributed by atoms with Crippen molar-refractivity contribution < 1.29 is 9.13 Å². The highest BCUT2D eigenvalue weighted by Gasteiger charge is 2.26. The molecule has 0 spiro atoms. The Kier molecular flexibility index (Phi) is 4.55. The maximum absolute atomic E-state index is 4.87. The van der Waals surface area contributed by atoms with E-state index in [1.54, 1.807) is 0 Å². The Labute approximate surface area is 183 Å². The van der Waals surface area contributed by atoms with Crippen molar-refractivity contribution in [2.45, 2.75) is 34.6 Å². The lowest BCUT2D eigenvalue weighted by molar-refractivity contribution is -0.612. The lowest BCUT2D eigenvalue weighted by Gasteiger charge is -2.14. The second-order valence-corrected chi connectivity index (χ2v) is 8.46. The van der Waals surface area contributed by atoms with Crippen LogP contribution in [0.3, 0.4) is 0 Å². The van der Waals surface area contributed by atoms with Gasteiger partial charge in [-0.25, -0.2) is 0 Å². The van der Waals surface area contributed by atoms with E-state index in [0.717, 1.165) is 16.7 Å². The zero-order chi connectivity index (χ0) is 21.7. The molecule has 0 unspecified atom stereocenters. The van der Waals surface area contributed by atoms with Crippen LogP contribution >= 0.6 is 0 Å².